The van der Waals surface area contributed by atoms with E-state index >= 15 is 0 Å². The van der Waals surface area contributed by atoms with E-state index < -0.39 is 23.8 Å². The van der Waals surface area contributed by atoms with Crippen LogP contribution in [0.15, 0.2) is 48.5 Å². The van der Waals surface area contributed by atoms with Crippen molar-refractivity contribution in [2.24, 2.45) is 5.92 Å². The van der Waals surface area contributed by atoms with Crippen LogP contribution in [0.1, 0.15) is 61.9 Å². The third-order valence-electron chi connectivity index (χ3n) is 7.78. The number of nitrogens with zero attached hydrogens (tertiary/aromatic N) is 4. The lowest BCUT2D eigenvalue weighted by Crippen LogP contribution is -2.50. The minimum atomic E-state index is -0.892. The van der Waals surface area contributed by atoms with Crippen LogP contribution in [0.3, 0.4) is 0 Å². The fraction of sp³-hybridized carbons (Fsp3) is 0.455. The number of halogens is 2. The molecule has 2 heterocycles. The van der Waals surface area contributed by atoms with E-state index in [0.717, 1.165) is 5.56 Å². The Labute approximate surface area is 273 Å². The summed E-state index contributed by atoms with van der Waals surface area (Å²) in [4.78, 5) is 59.3. The summed E-state index contributed by atoms with van der Waals surface area (Å²) in [5.74, 6) is -1.17. The Morgan fingerprint density at radius 3 is 2.48 bits per heavy atom. The van der Waals surface area contributed by atoms with Crippen LogP contribution in [0.25, 0.3) is 0 Å². The van der Waals surface area contributed by atoms with Gasteiger partial charge in [0, 0.05) is 43.1 Å². The molecule has 0 unspecified atom stereocenters. The van der Waals surface area contributed by atoms with E-state index in [1.54, 1.807) is 11.8 Å². The van der Waals surface area contributed by atoms with E-state index in [1.807, 2.05) is 44.2 Å². The van der Waals surface area contributed by atoms with Gasteiger partial charge in [0.2, 0.25) is 23.6 Å². The second-order valence-electron chi connectivity index (χ2n) is 11.8. The van der Waals surface area contributed by atoms with Crippen molar-refractivity contribution in [1.29, 1.82) is 0 Å². The average Bonchev–Trinajstić information content (AvgIpc) is 3.37. The zero-order valence-corrected chi connectivity index (χ0v) is 27.1. The Kier molecular flexibility index (Phi) is 12.2. The highest BCUT2D eigenvalue weighted by Crippen LogP contribution is 2.22. The van der Waals surface area contributed by atoms with E-state index in [-0.39, 0.29) is 79.7 Å². The summed E-state index contributed by atoms with van der Waals surface area (Å²) >= 11 is 6.17. The van der Waals surface area contributed by atoms with Crippen molar-refractivity contribution in [3.8, 4) is 0 Å². The number of benzene rings is 2. The van der Waals surface area contributed by atoms with Gasteiger partial charge in [0.25, 0.3) is 0 Å². The molecule has 0 saturated heterocycles. The standard InChI is InChI=1S/C33H41ClFN7O4/c1-21(2)31-32-37-22(3)40-42(32)20-29(44)36-15-9-17-41(30(45)19-24-25(34)12-7-13-26(24)35)16-8-14-28(43)38-27(33(46)39-31)18-23-10-5-4-6-11-23/h4-7,10-13,21,27,31H,8-9,14-20H2,1-3H3,(H,36,44)(H,38,43)(H,39,46)/t27-,31+/m1/s1. The SMILES string of the molecule is Cc1nc2n(n1)CC(=O)NCCCN(C(=O)Cc1c(F)cccc1Cl)CCCC(=O)N[C@H](Cc1ccccc1)C(=O)N[C@H]2C(C)C. The zero-order valence-electron chi connectivity index (χ0n) is 26.4. The number of hydrogen-bond donors (Lipinski definition) is 3. The van der Waals surface area contributed by atoms with Crippen LogP contribution >= 0.6 is 11.6 Å². The average molecular weight is 654 g/mol. The Morgan fingerprint density at radius 1 is 1.02 bits per heavy atom. The molecule has 1 aliphatic rings. The molecular formula is C33H41ClFN7O4. The number of nitrogens with one attached hydrogen (secondary N) is 3. The molecule has 0 radical (unpaired) electrons. The van der Waals surface area contributed by atoms with Gasteiger partial charge in [-0.05, 0) is 43.4 Å². The van der Waals surface area contributed by atoms with Crippen LogP contribution in [0, 0.1) is 18.7 Å². The number of carbonyl (C=O) groups is 4. The first-order valence-electron chi connectivity index (χ1n) is 15.5. The van der Waals surface area contributed by atoms with Crippen molar-refractivity contribution in [2.75, 3.05) is 19.6 Å². The molecule has 3 aromatic rings. The summed E-state index contributed by atoms with van der Waals surface area (Å²) in [6.45, 7) is 6.23. The van der Waals surface area contributed by atoms with E-state index in [1.165, 1.54) is 22.9 Å². The lowest BCUT2D eigenvalue weighted by Gasteiger charge is -2.26. The molecule has 46 heavy (non-hydrogen) atoms. The maximum absolute atomic E-state index is 14.5. The van der Waals surface area contributed by atoms with Crippen molar-refractivity contribution < 1.29 is 23.6 Å². The number of rotatable bonds is 5. The molecule has 0 spiro atoms. The Bertz CT molecular complexity index is 1510. The number of aromatic nitrogens is 3. The molecule has 0 saturated carbocycles. The number of aryl methyl sites for hydroxylation is 1. The lowest BCUT2D eigenvalue weighted by atomic mass is 10.0. The molecule has 0 bridgehead atoms. The van der Waals surface area contributed by atoms with Gasteiger partial charge in [0.1, 0.15) is 24.2 Å². The van der Waals surface area contributed by atoms with E-state index in [4.69, 9.17) is 11.6 Å². The smallest absolute Gasteiger partial charge is 0.243 e. The third-order valence-corrected chi connectivity index (χ3v) is 8.13. The highest BCUT2D eigenvalue weighted by atomic mass is 35.5. The van der Waals surface area contributed by atoms with Crippen molar-refractivity contribution in [1.82, 2.24) is 35.6 Å². The van der Waals surface area contributed by atoms with Crippen molar-refractivity contribution in [3.05, 3.63) is 82.1 Å². The number of fused-ring (bicyclic) bond motifs is 1. The molecular weight excluding hydrogens is 613 g/mol. The molecule has 13 heteroatoms. The van der Waals surface area contributed by atoms with Gasteiger partial charge in [-0.3, -0.25) is 19.2 Å². The van der Waals surface area contributed by atoms with Gasteiger partial charge < -0.3 is 20.9 Å². The Morgan fingerprint density at radius 2 is 1.76 bits per heavy atom. The van der Waals surface area contributed by atoms with Crippen LogP contribution < -0.4 is 16.0 Å². The highest BCUT2D eigenvalue weighted by Gasteiger charge is 2.30. The second-order valence-corrected chi connectivity index (χ2v) is 12.2. The van der Waals surface area contributed by atoms with Gasteiger partial charge in [0.15, 0.2) is 5.82 Å². The minimum absolute atomic E-state index is 0.0562. The fourth-order valence-corrected chi connectivity index (χ4v) is 5.60. The first-order valence-corrected chi connectivity index (χ1v) is 15.9. The molecule has 11 nitrogen and oxygen atoms in total. The van der Waals surface area contributed by atoms with Gasteiger partial charge in [-0.15, -0.1) is 0 Å². The fourth-order valence-electron chi connectivity index (χ4n) is 5.37. The van der Waals surface area contributed by atoms with Crippen molar-refractivity contribution in [2.45, 2.75) is 71.5 Å². The predicted molar refractivity (Wildman–Crippen MR) is 171 cm³/mol. The van der Waals surface area contributed by atoms with Crippen LogP contribution in [-0.4, -0.2) is 69.0 Å². The summed E-state index contributed by atoms with van der Waals surface area (Å²) < 4.78 is 15.9. The maximum atomic E-state index is 14.5. The molecule has 2 atom stereocenters. The molecule has 1 aromatic heterocycles. The number of carbonyl (C=O) groups excluding carboxylic acids is 4. The molecule has 4 rings (SSSR count). The lowest BCUT2D eigenvalue weighted by molar-refractivity contribution is -0.131. The van der Waals surface area contributed by atoms with Crippen LogP contribution in [0.2, 0.25) is 5.02 Å². The summed E-state index contributed by atoms with van der Waals surface area (Å²) in [6, 6.07) is 12.2. The van der Waals surface area contributed by atoms with Crippen molar-refractivity contribution >= 4 is 35.2 Å². The number of hydrogen-bond acceptors (Lipinski definition) is 6. The van der Waals surface area contributed by atoms with Gasteiger partial charge in [0.05, 0.1) is 12.5 Å². The third kappa shape index (κ3) is 9.59. The van der Waals surface area contributed by atoms with E-state index in [9.17, 15) is 23.6 Å². The maximum Gasteiger partial charge on any atom is 0.243 e. The van der Waals surface area contributed by atoms with Gasteiger partial charge in [-0.1, -0.05) is 61.8 Å². The molecule has 3 N–H and O–H groups in total. The van der Waals surface area contributed by atoms with Gasteiger partial charge in [-0.2, -0.15) is 5.10 Å². The first kappa shape index (κ1) is 34.6. The normalized spacial score (nSPS) is 19.0. The van der Waals surface area contributed by atoms with Gasteiger partial charge in [-0.25, -0.2) is 14.1 Å². The summed E-state index contributed by atoms with van der Waals surface area (Å²) in [5.41, 5.74) is 0.971. The largest absolute Gasteiger partial charge is 0.354 e. The Hall–Kier alpha value is -4.32. The first-order chi connectivity index (χ1) is 22.0. The summed E-state index contributed by atoms with van der Waals surface area (Å²) in [7, 11) is 0. The molecule has 1 aliphatic heterocycles. The predicted octanol–water partition coefficient (Wildman–Crippen LogP) is 3.29. The summed E-state index contributed by atoms with van der Waals surface area (Å²) in [5, 5.41) is 13.4. The second kappa shape index (κ2) is 16.3. The van der Waals surface area contributed by atoms with Crippen LogP contribution in [0.5, 0.6) is 0 Å². The molecule has 0 aliphatic carbocycles. The van der Waals surface area contributed by atoms with Crippen molar-refractivity contribution in [3.63, 3.8) is 0 Å². The Balaban J connectivity index is 1.58. The number of amides is 4. The van der Waals surface area contributed by atoms with E-state index in [0.29, 0.717) is 24.5 Å². The van der Waals surface area contributed by atoms with Gasteiger partial charge >= 0.3 is 0 Å². The van der Waals surface area contributed by atoms with E-state index in [2.05, 4.69) is 26.0 Å². The molecule has 2 aromatic carbocycles. The van der Waals surface area contributed by atoms with Crippen LogP contribution in [0.4, 0.5) is 4.39 Å². The molecule has 246 valence electrons. The molecule has 0 fully saturated rings. The topological polar surface area (TPSA) is 138 Å². The monoisotopic (exact) mass is 653 g/mol. The molecule has 4 amide bonds. The quantitative estimate of drug-likeness (QED) is 0.387. The minimum Gasteiger partial charge on any atom is -0.354 e. The van der Waals surface area contributed by atoms with Crippen LogP contribution in [-0.2, 0) is 38.6 Å². The zero-order chi connectivity index (χ0) is 33.2. The summed E-state index contributed by atoms with van der Waals surface area (Å²) in [6.07, 6.45) is 0.814. The highest BCUT2D eigenvalue weighted by molar-refractivity contribution is 6.31.